The molecule has 0 aromatic heterocycles. The Morgan fingerprint density at radius 1 is 1.04 bits per heavy atom. The third kappa shape index (κ3) is 9.73. The average Bonchev–Trinajstić information content (AvgIpc) is 3.02. The lowest BCUT2D eigenvalue weighted by molar-refractivity contribution is -0.0706. The fraction of sp³-hybridized carbons (Fsp3) is 0.618. The van der Waals surface area contributed by atoms with E-state index < -0.39 is 27.0 Å². The molecule has 2 aromatic carbocycles. The Hall–Kier alpha value is -2.54. The second-order valence-electron chi connectivity index (χ2n) is 11.9. The number of benzene rings is 2. The van der Waals surface area contributed by atoms with E-state index in [9.17, 15) is 18.3 Å². The number of unbranched alkanes of at least 4 members (excludes halogenated alkanes) is 1. The predicted molar refractivity (Wildman–Crippen MR) is 176 cm³/mol. The van der Waals surface area contributed by atoms with Crippen molar-refractivity contribution in [1.29, 1.82) is 0 Å². The second kappa shape index (κ2) is 17.4. The lowest BCUT2D eigenvalue weighted by Crippen LogP contribution is -2.54. The molecule has 1 aliphatic heterocycles. The summed E-state index contributed by atoms with van der Waals surface area (Å²) in [6.07, 6.45) is 3.89. The van der Waals surface area contributed by atoms with Crippen molar-refractivity contribution >= 4 is 15.9 Å². The van der Waals surface area contributed by atoms with Crippen molar-refractivity contribution in [2.75, 3.05) is 73.1 Å². The maximum Gasteiger partial charge on any atom is 0.254 e. The van der Waals surface area contributed by atoms with Crippen LogP contribution >= 0.6 is 0 Å². The van der Waals surface area contributed by atoms with E-state index in [0.717, 1.165) is 17.4 Å². The summed E-state index contributed by atoms with van der Waals surface area (Å²) in [6.45, 7) is 7.43. The zero-order valence-corrected chi connectivity index (χ0v) is 28.4. The van der Waals surface area contributed by atoms with Gasteiger partial charge in [-0.2, -0.15) is 0 Å². The summed E-state index contributed by atoms with van der Waals surface area (Å²) in [4.78, 5) is 15.3. The summed E-state index contributed by atoms with van der Waals surface area (Å²) in [5.41, 5.74) is 0.0141. The van der Waals surface area contributed by atoms with E-state index in [1.807, 2.05) is 62.4 Å². The first-order valence-corrected chi connectivity index (χ1v) is 17.7. The molecule has 3 unspecified atom stereocenters. The van der Waals surface area contributed by atoms with Crippen molar-refractivity contribution < 1.29 is 37.3 Å². The monoisotopic (exact) mass is 648 g/mol. The number of aliphatic hydroxyl groups is 1. The molecule has 1 heterocycles. The van der Waals surface area contributed by atoms with Gasteiger partial charge in [-0.3, -0.25) is 4.79 Å². The van der Waals surface area contributed by atoms with Crippen molar-refractivity contribution in [2.45, 2.75) is 62.9 Å². The molecule has 0 aliphatic carbocycles. The van der Waals surface area contributed by atoms with Gasteiger partial charge in [0.05, 0.1) is 31.7 Å². The van der Waals surface area contributed by atoms with Gasteiger partial charge in [0.15, 0.2) is 0 Å². The number of sulfonamides is 1. The zero-order valence-electron chi connectivity index (χ0n) is 27.5. The number of methoxy groups -OCH3 is 2. The minimum absolute atomic E-state index is 0.0593. The summed E-state index contributed by atoms with van der Waals surface area (Å²) < 4.78 is 48.8. The topological polar surface area (TPSA) is 124 Å². The van der Waals surface area contributed by atoms with Gasteiger partial charge >= 0.3 is 0 Å². The molecule has 0 bridgehead atoms. The molecule has 11 heteroatoms. The van der Waals surface area contributed by atoms with Gasteiger partial charge in [0.25, 0.3) is 5.91 Å². The standard InChI is InChI=1S/C34H52N2O8S/c1-6-44-31-15-8-7-14-30(31)34(18-23-42-4,17-9-10-19-35-45(5,39)40)33(2,38)29(16-22-41-3)27-12-11-13-28(26-27)32(37)36-20-24-43-25-21-36/h7-8,11-15,26,29,35,38H,6,9-10,16-25H2,1-5H3. The number of para-hydroxylation sites is 1. The number of hydrogen-bond acceptors (Lipinski definition) is 8. The van der Waals surface area contributed by atoms with Crippen LogP contribution in [-0.2, 0) is 29.6 Å². The van der Waals surface area contributed by atoms with E-state index >= 15 is 0 Å². The predicted octanol–water partition coefficient (Wildman–Crippen LogP) is 4.12. The lowest BCUT2D eigenvalue weighted by atomic mass is 9.57. The number of carbonyl (C=O) groups excluding carboxylic acids is 1. The fourth-order valence-corrected chi connectivity index (χ4v) is 7.10. The minimum Gasteiger partial charge on any atom is -0.494 e. The fourth-order valence-electron chi connectivity index (χ4n) is 6.58. The molecule has 10 nitrogen and oxygen atoms in total. The highest BCUT2D eigenvalue weighted by Crippen LogP contribution is 2.53. The highest BCUT2D eigenvalue weighted by atomic mass is 32.2. The Labute approximate surface area is 269 Å². The van der Waals surface area contributed by atoms with Crippen LogP contribution in [0.2, 0.25) is 0 Å². The van der Waals surface area contributed by atoms with Crippen LogP contribution in [-0.4, -0.2) is 103 Å². The highest BCUT2D eigenvalue weighted by Gasteiger charge is 2.53. The molecule has 0 saturated carbocycles. The van der Waals surface area contributed by atoms with Crippen molar-refractivity contribution in [2.24, 2.45) is 0 Å². The van der Waals surface area contributed by atoms with Crippen LogP contribution < -0.4 is 9.46 Å². The smallest absolute Gasteiger partial charge is 0.254 e. The van der Waals surface area contributed by atoms with Gasteiger partial charge in [-0.1, -0.05) is 36.8 Å². The number of hydrogen-bond donors (Lipinski definition) is 2. The molecule has 252 valence electrons. The van der Waals surface area contributed by atoms with E-state index in [2.05, 4.69) is 4.72 Å². The molecule has 45 heavy (non-hydrogen) atoms. The first kappa shape index (κ1) is 36.9. The molecular weight excluding hydrogens is 596 g/mol. The van der Waals surface area contributed by atoms with Crippen LogP contribution in [0.5, 0.6) is 5.75 Å². The first-order valence-electron chi connectivity index (χ1n) is 15.8. The highest BCUT2D eigenvalue weighted by molar-refractivity contribution is 7.88. The summed E-state index contributed by atoms with van der Waals surface area (Å²) in [5, 5.41) is 13.1. The van der Waals surface area contributed by atoms with Gasteiger partial charge in [0, 0.05) is 69.5 Å². The second-order valence-corrected chi connectivity index (χ2v) is 13.7. The third-order valence-electron chi connectivity index (χ3n) is 8.92. The van der Waals surface area contributed by atoms with Gasteiger partial charge in [-0.15, -0.1) is 0 Å². The van der Waals surface area contributed by atoms with Gasteiger partial charge < -0.3 is 29.0 Å². The van der Waals surface area contributed by atoms with Gasteiger partial charge in [-0.25, -0.2) is 13.1 Å². The molecule has 2 aromatic rings. The Morgan fingerprint density at radius 2 is 1.76 bits per heavy atom. The number of morpholine rings is 1. The number of amides is 1. The molecule has 1 amide bonds. The molecule has 3 rings (SSSR count). The Balaban J connectivity index is 2.14. The first-order chi connectivity index (χ1) is 21.5. The Bertz CT molecular complexity index is 1310. The molecule has 1 aliphatic rings. The van der Waals surface area contributed by atoms with E-state index in [0.29, 0.717) is 96.1 Å². The largest absolute Gasteiger partial charge is 0.494 e. The normalized spacial score (nSPS) is 17.3. The van der Waals surface area contributed by atoms with Crippen LogP contribution in [0.1, 0.15) is 73.4 Å². The van der Waals surface area contributed by atoms with Crippen LogP contribution in [0.4, 0.5) is 0 Å². The molecule has 1 saturated heterocycles. The average molecular weight is 649 g/mol. The molecule has 0 spiro atoms. The lowest BCUT2D eigenvalue weighted by Gasteiger charge is -2.51. The van der Waals surface area contributed by atoms with E-state index in [1.165, 1.54) is 0 Å². The summed E-state index contributed by atoms with van der Waals surface area (Å²) in [6, 6.07) is 15.4. The van der Waals surface area contributed by atoms with Crippen molar-refractivity contribution in [1.82, 2.24) is 9.62 Å². The molecule has 0 radical (unpaired) electrons. The third-order valence-corrected chi connectivity index (χ3v) is 9.65. The number of nitrogens with one attached hydrogen (secondary N) is 1. The number of carbonyl (C=O) groups is 1. The molecule has 1 fully saturated rings. The van der Waals surface area contributed by atoms with Crippen LogP contribution in [0.3, 0.4) is 0 Å². The van der Waals surface area contributed by atoms with Crippen molar-refractivity contribution in [3.63, 3.8) is 0 Å². The van der Waals surface area contributed by atoms with Crippen molar-refractivity contribution in [3.05, 3.63) is 65.2 Å². The van der Waals surface area contributed by atoms with Crippen LogP contribution in [0.25, 0.3) is 0 Å². The summed E-state index contributed by atoms with van der Waals surface area (Å²) >= 11 is 0. The summed E-state index contributed by atoms with van der Waals surface area (Å²) in [5.74, 6) is 0.193. The van der Waals surface area contributed by atoms with Gasteiger partial charge in [0.1, 0.15) is 5.75 Å². The van der Waals surface area contributed by atoms with Crippen molar-refractivity contribution in [3.8, 4) is 5.75 Å². The zero-order chi connectivity index (χ0) is 32.9. The van der Waals surface area contributed by atoms with E-state index in [-0.39, 0.29) is 5.91 Å². The molecule has 2 N–H and O–H groups in total. The maximum atomic E-state index is 13.5. The maximum absolute atomic E-state index is 13.5. The SMILES string of the molecule is CCOc1ccccc1C(CCCCNS(C)(=O)=O)(CCOC)C(C)(O)C(CCOC)c1cccc(C(=O)N2CCOCC2)c1. The van der Waals surface area contributed by atoms with E-state index in [4.69, 9.17) is 18.9 Å². The Morgan fingerprint density at radius 3 is 2.42 bits per heavy atom. The van der Waals surface area contributed by atoms with Crippen LogP contribution in [0, 0.1) is 0 Å². The van der Waals surface area contributed by atoms with E-state index in [1.54, 1.807) is 19.1 Å². The van der Waals surface area contributed by atoms with Gasteiger partial charge in [0.2, 0.25) is 10.0 Å². The minimum atomic E-state index is -3.32. The number of nitrogens with zero attached hydrogens (tertiary/aromatic N) is 1. The van der Waals surface area contributed by atoms with Crippen LogP contribution in [0.15, 0.2) is 48.5 Å². The number of ether oxygens (including phenoxy) is 4. The Kier molecular flexibility index (Phi) is 14.3. The quantitative estimate of drug-likeness (QED) is 0.218. The van der Waals surface area contributed by atoms with Gasteiger partial charge in [-0.05, 0) is 63.3 Å². The molecule has 3 atom stereocenters. The molecular formula is C34H52N2O8S. The number of rotatable bonds is 19. The summed E-state index contributed by atoms with van der Waals surface area (Å²) in [7, 11) is -0.0330.